The SMILES string of the molecule is COc1ccc(CN(C)CC(=O)NNC(=O)c2ccc(C)cc2)c(OC)c1. The highest BCUT2D eigenvalue weighted by Crippen LogP contribution is 2.25. The molecule has 0 fully saturated rings. The summed E-state index contributed by atoms with van der Waals surface area (Å²) in [6.07, 6.45) is 0. The van der Waals surface area contributed by atoms with Gasteiger partial charge in [0.25, 0.3) is 11.8 Å². The first-order chi connectivity index (χ1) is 12.9. The number of methoxy groups -OCH3 is 2. The van der Waals surface area contributed by atoms with E-state index in [-0.39, 0.29) is 18.4 Å². The minimum atomic E-state index is -0.358. The van der Waals surface area contributed by atoms with Gasteiger partial charge in [-0.3, -0.25) is 25.3 Å². The highest BCUT2D eigenvalue weighted by Gasteiger charge is 2.12. The van der Waals surface area contributed by atoms with Crippen molar-refractivity contribution in [1.82, 2.24) is 15.8 Å². The fraction of sp³-hybridized carbons (Fsp3) is 0.300. The molecule has 0 unspecified atom stereocenters. The molecule has 2 rings (SSSR count). The molecule has 0 saturated carbocycles. The lowest BCUT2D eigenvalue weighted by Gasteiger charge is -2.18. The van der Waals surface area contributed by atoms with Gasteiger partial charge in [-0.1, -0.05) is 23.8 Å². The first-order valence-electron chi connectivity index (χ1n) is 8.48. The Morgan fingerprint density at radius 2 is 1.70 bits per heavy atom. The molecule has 0 bridgehead atoms. The molecule has 2 aromatic carbocycles. The van der Waals surface area contributed by atoms with Crippen molar-refractivity contribution in [3.8, 4) is 11.5 Å². The number of likely N-dealkylation sites (N-methyl/N-ethyl adjacent to an activating group) is 1. The maximum Gasteiger partial charge on any atom is 0.269 e. The van der Waals surface area contributed by atoms with Crippen LogP contribution >= 0.6 is 0 Å². The number of hydrogen-bond donors (Lipinski definition) is 2. The minimum Gasteiger partial charge on any atom is -0.497 e. The van der Waals surface area contributed by atoms with Gasteiger partial charge in [-0.15, -0.1) is 0 Å². The number of carbonyl (C=O) groups excluding carboxylic acids is 2. The fourth-order valence-electron chi connectivity index (χ4n) is 2.52. The molecule has 0 radical (unpaired) electrons. The van der Waals surface area contributed by atoms with Crippen LogP contribution in [0.1, 0.15) is 21.5 Å². The molecule has 27 heavy (non-hydrogen) atoms. The average Bonchev–Trinajstić information content (AvgIpc) is 2.66. The van der Waals surface area contributed by atoms with Gasteiger partial charge in [0.1, 0.15) is 11.5 Å². The third kappa shape index (κ3) is 6.00. The predicted octanol–water partition coefficient (Wildman–Crippen LogP) is 1.91. The number of ether oxygens (including phenoxy) is 2. The molecule has 0 heterocycles. The monoisotopic (exact) mass is 371 g/mol. The van der Waals surface area contributed by atoms with Crippen LogP contribution in [0.25, 0.3) is 0 Å². The van der Waals surface area contributed by atoms with Crippen LogP contribution in [0.15, 0.2) is 42.5 Å². The maximum atomic E-state index is 12.1. The van der Waals surface area contributed by atoms with Crippen molar-refractivity contribution in [2.24, 2.45) is 0 Å². The standard InChI is InChI=1S/C20H25N3O4/c1-14-5-7-15(8-6-14)20(25)22-21-19(24)13-23(2)12-16-9-10-17(26-3)11-18(16)27-4/h5-11H,12-13H2,1-4H3,(H,21,24)(H,22,25). The van der Waals surface area contributed by atoms with Crippen molar-refractivity contribution in [3.05, 3.63) is 59.2 Å². The molecule has 2 aromatic rings. The van der Waals surface area contributed by atoms with E-state index in [1.54, 1.807) is 32.4 Å². The average molecular weight is 371 g/mol. The number of rotatable bonds is 7. The Balaban J connectivity index is 1.85. The lowest BCUT2D eigenvalue weighted by molar-refractivity contribution is -0.122. The molecule has 2 amide bonds. The van der Waals surface area contributed by atoms with E-state index in [2.05, 4.69) is 10.9 Å². The Bertz CT molecular complexity index is 790. The van der Waals surface area contributed by atoms with Crippen molar-refractivity contribution in [1.29, 1.82) is 0 Å². The van der Waals surface area contributed by atoms with Crippen LogP contribution in [-0.4, -0.2) is 44.5 Å². The number of amides is 2. The van der Waals surface area contributed by atoms with E-state index >= 15 is 0 Å². The maximum absolute atomic E-state index is 12.1. The lowest BCUT2D eigenvalue weighted by Crippen LogP contribution is -2.45. The van der Waals surface area contributed by atoms with Crippen LogP contribution < -0.4 is 20.3 Å². The van der Waals surface area contributed by atoms with Gasteiger partial charge in [0.05, 0.1) is 20.8 Å². The van der Waals surface area contributed by atoms with Gasteiger partial charge < -0.3 is 9.47 Å². The molecule has 7 heteroatoms. The summed E-state index contributed by atoms with van der Waals surface area (Å²) in [5.41, 5.74) is 7.32. The molecule has 0 aliphatic heterocycles. The summed E-state index contributed by atoms with van der Waals surface area (Å²) in [5.74, 6) is 0.720. The number of hydrogen-bond acceptors (Lipinski definition) is 5. The molecule has 2 N–H and O–H groups in total. The first kappa shape index (κ1) is 20.3. The van der Waals surface area contributed by atoms with Crippen LogP contribution in [0.2, 0.25) is 0 Å². The highest BCUT2D eigenvalue weighted by molar-refractivity contribution is 5.95. The Morgan fingerprint density at radius 1 is 1.00 bits per heavy atom. The summed E-state index contributed by atoms with van der Waals surface area (Å²) in [6.45, 7) is 2.56. The molecule has 0 saturated heterocycles. The van der Waals surface area contributed by atoms with Crippen LogP contribution in [0.3, 0.4) is 0 Å². The van der Waals surface area contributed by atoms with Gasteiger partial charge >= 0.3 is 0 Å². The summed E-state index contributed by atoms with van der Waals surface area (Å²) >= 11 is 0. The molecule has 0 atom stereocenters. The number of aryl methyl sites for hydroxylation is 1. The summed E-state index contributed by atoms with van der Waals surface area (Å²) in [6, 6.07) is 12.6. The first-order valence-corrected chi connectivity index (χ1v) is 8.48. The summed E-state index contributed by atoms with van der Waals surface area (Å²) in [7, 11) is 4.99. The molecule has 144 valence electrons. The zero-order chi connectivity index (χ0) is 19.8. The van der Waals surface area contributed by atoms with Gasteiger partial charge in [0.2, 0.25) is 0 Å². The molecule has 0 aliphatic rings. The zero-order valence-electron chi connectivity index (χ0n) is 16.0. The van der Waals surface area contributed by atoms with Crippen molar-refractivity contribution >= 4 is 11.8 Å². The van der Waals surface area contributed by atoms with E-state index in [9.17, 15) is 9.59 Å². The highest BCUT2D eigenvalue weighted by atomic mass is 16.5. The molecular formula is C20H25N3O4. The zero-order valence-corrected chi connectivity index (χ0v) is 16.0. The summed E-state index contributed by atoms with van der Waals surface area (Å²) in [4.78, 5) is 25.9. The normalized spacial score (nSPS) is 10.4. The van der Waals surface area contributed by atoms with Crippen LogP contribution in [0, 0.1) is 6.92 Å². The largest absolute Gasteiger partial charge is 0.497 e. The van der Waals surface area contributed by atoms with E-state index in [1.807, 2.05) is 43.1 Å². The lowest BCUT2D eigenvalue weighted by atomic mass is 10.1. The van der Waals surface area contributed by atoms with E-state index in [0.29, 0.717) is 23.6 Å². The Labute approximate surface area is 159 Å². The molecule has 0 spiro atoms. The van der Waals surface area contributed by atoms with Gasteiger partial charge in [0.15, 0.2) is 0 Å². The third-order valence-corrected chi connectivity index (χ3v) is 3.98. The van der Waals surface area contributed by atoms with Gasteiger partial charge in [-0.05, 0) is 32.2 Å². The van der Waals surface area contributed by atoms with E-state index in [4.69, 9.17) is 9.47 Å². The Kier molecular flexibility index (Phi) is 7.19. The third-order valence-electron chi connectivity index (χ3n) is 3.98. The number of hydrazine groups is 1. The minimum absolute atomic E-state index is 0.114. The van der Waals surface area contributed by atoms with Gasteiger partial charge in [-0.2, -0.15) is 0 Å². The molecular weight excluding hydrogens is 346 g/mol. The van der Waals surface area contributed by atoms with Crippen LogP contribution in [0.4, 0.5) is 0 Å². The van der Waals surface area contributed by atoms with Crippen molar-refractivity contribution < 1.29 is 19.1 Å². The fourth-order valence-corrected chi connectivity index (χ4v) is 2.52. The van der Waals surface area contributed by atoms with Gasteiger partial charge in [-0.25, -0.2) is 0 Å². The quantitative estimate of drug-likeness (QED) is 0.727. The topological polar surface area (TPSA) is 79.9 Å². The van der Waals surface area contributed by atoms with Crippen molar-refractivity contribution in [2.75, 3.05) is 27.8 Å². The predicted molar refractivity (Wildman–Crippen MR) is 103 cm³/mol. The number of nitrogens with zero attached hydrogens (tertiary/aromatic N) is 1. The number of carbonyl (C=O) groups is 2. The second-order valence-corrected chi connectivity index (χ2v) is 6.22. The number of benzene rings is 2. The second-order valence-electron chi connectivity index (χ2n) is 6.22. The van der Waals surface area contributed by atoms with Crippen molar-refractivity contribution in [3.63, 3.8) is 0 Å². The molecule has 7 nitrogen and oxygen atoms in total. The van der Waals surface area contributed by atoms with Crippen molar-refractivity contribution in [2.45, 2.75) is 13.5 Å². The molecule has 0 aliphatic carbocycles. The van der Waals surface area contributed by atoms with E-state index < -0.39 is 0 Å². The van der Waals surface area contributed by atoms with E-state index in [1.165, 1.54) is 0 Å². The Morgan fingerprint density at radius 3 is 2.33 bits per heavy atom. The summed E-state index contributed by atoms with van der Waals surface area (Å²) in [5, 5.41) is 0. The van der Waals surface area contributed by atoms with E-state index in [0.717, 1.165) is 11.1 Å². The molecule has 0 aromatic heterocycles. The second kappa shape index (κ2) is 9.59. The van der Waals surface area contributed by atoms with Crippen LogP contribution in [0.5, 0.6) is 11.5 Å². The summed E-state index contributed by atoms with van der Waals surface area (Å²) < 4.78 is 10.5. The Hall–Kier alpha value is -3.06. The number of nitrogens with one attached hydrogen (secondary N) is 2. The van der Waals surface area contributed by atoms with Gasteiger partial charge in [0, 0.05) is 23.7 Å². The smallest absolute Gasteiger partial charge is 0.269 e. The van der Waals surface area contributed by atoms with Crippen LogP contribution in [-0.2, 0) is 11.3 Å².